The molecule has 0 amide bonds. The van der Waals surface area contributed by atoms with Crippen molar-refractivity contribution in [2.24, 2.45) is 10.9 Å². The first-order chi connectivity index (χ1) is 13.3. The third-order valence-electron chi connectivity index (χ3n) is 5.29. The third-order valence-corrected chi connectivity index (χ3v) is 5.29. The largest absolute Gasteiger partial charge is 0.379 e. The molecule has 1 saturated carbocycles. The van der Waals surface area contributed by atoms with Gasteiger partial charge in [-0.1, -0.05) is 25.0 Å². The molecule has 0 aromatic heterocycles. The summed E-state index contributed by atoms with van der Waals surface area (Å²) >= 11 is 0. The van der Waals surface area contributed by atoms with E-state index in [4.69, 9.17) is 9.73 Å². The molecule has 3 rings (SSSR count). The lowest BCUT2D eigenvalue weighted by Crippen LogP contribution is -2.42. The van der Waals surface area contributed by atoms with Gasteiger partial charge in [-0.15, -0.1) is 0 Å². The predicted molar refractivity (Wildman–Crippen MR) is 107 cm³/mol. The Labute approximate surface area is 162 Å². The molecule has 1 aromatic rings. The number of aliphatic imine (C=N–C) groups is 1. The molecule has 1 aliphatic heterocycles. The molecule has 2 fully saturated rings. The molecule has 1 unspecified atom stereocenters. The van der Waals surface area contributed by atoms with Gasteiger partial charge in [0.2, 0.25) is 0 Å². The smallest absolute Gasteiger partial charge is 0.191 e. The van der Waals surface area contributed by atoms with Crippen LogP contribution in [0.5, 0.6) is 0 Å². The Balaban J connectivity index is 1.62. The van der Waals surface area contributed by atoms with Crippen LogP contribution in [0, 0.1) is 11.7 Å². The van der Waals surface area contributed by atoms with Crippen LogP contribution in [0.1, 0.15) is 44.2 Å². The van der Waals surface area contributed by atoms with Gasteiger partial charge in [0.1, 0.15) is 5.82 Å². The number of halogens is 1. The topological polar surface area (TPSA) is 48.9 Å². The first kappa shape index (κ1) is 20.1. The zero-order valence-electron chi connectivity index (χ0n) is 16.4. The van der Waals surface area contributed by atoms with Crippen molar-refractivity contribution in [1.29, 1.82) is 0 Å². The molecule has 27 heavy (non-hydrogen) atoms. The average molecular weight is 377 g/mol. The van der Waals surface area contributed by atoms with E-state index in [-0.39, 0.29) is 11.9 Å². The number of nitrogens with zero attached hydrogens (tertiary/aromatic N) is 2. The molecule has 5 nitrogen and oxygen atoms in total. The summed E-state index contributed by atoms with van der Waals surface area (Å²) in [5, 5.41) is 6.80. The molecule has 1 aromatic carbocycles. The molecular formula is C21H33FN4O. The van der Waals surface area contributed by atoms with Crippen molar-refractivity contribution in [3.8, 4) is 0 Å². The number of ether oxygens (including phenoxy) is 1. The first-order valence-electron chi connectivity index (χ1n) is 10.4. The van der Waals surface area contributed by atoms with Crippen molar-refractivity contribution >= 4 is 5.96 Å². The zero-order valence-corrected chi connectivity index (χ0v) is 16.4. The van der Waals surface area contributed by atoms with Crippen LogP contribution >= 0.6 is 0 Å². The number of nitrogens with one attached hydrogen (secondary N) is 2. The molecule has 1 heterocycles. The minimum absolute atomic E-state index is 0.136. The van der Waals surface area contributed by atoms with Gasteiger partial charge in [-0.25, -0.2) is 4.39 Å². The second-order valence-electron chi connectivity index (χ2n) is 7.45. The van der Waals surface area contributed by atoms with E-state index in [1.807, 2.05) is 12.1 Å². The number of benzene rings is 1. The van der Waals surface area contributed by atoms with Gasteiger partial charge in [0.15, 0.2) is 5.96 Å². The summed E-state index contributed by atoms with van der Waals surface area (Å²) in [5.74, 6) is 1.64. The highest BCUT2D eigenvalue weighted by Crippen LogP contribution is 2.33. The van der Waals surface area contributed by atoms with Gasteiger partial charge < -0.3 is 15.4 Å². The second-order valence-corrected chi connectivity index (χ2v) is 7.45. The molecule has 0 bridgehead atoms. The lowest BCUT2D eigenvalue weighted by molar-refractivity contribution is 0.0179. The van der Waals surface area contributed by atoms with Crippen LogP contribution in [0.25, 0.3) is 0 Å². The van der Waals surface area contributed by atoms with Gasteiger partial charge in [-0.2, -0.15) is 0 Å². The Hall–Kier alpha value is -1.66. The van der Waals surface area contributed by atoms with E-state index < -0.39 is 0 Å². The van der Waals surface area contributed by atoms with Crippen molar-refractivity contribution in [2.75, 3.05) is 45.9 Å². The molecule has 150 valence electrons. The lowest BCUT2D eigenvalue weighted by Gasteiger charge is -2.34. The van der Waals surface area contributed by atoms with E-state index in [0.717, 1.165) is 56.8 Å². The Morgan fingerprint density at radius 2 is 1.96 bits per heavy atom. The number of hydrogen-bond donors (Lipinski definition) is 2. The zero-order chi connectivity index (χ0) is 18.9. The van der Waals surface area contributed by atoms with Crippen molar-refractivity contribution in [3.05, 3.63) is 35.6 Å². The van der Waals surface area contributed by atoms with Crippen LogP contribution in [0.15, 0.2) is 29.3 Å². The molecule has 6 heteroatoms. The molecule has 0 radical (unpaired) electrons. The summed E-state index contributed by atoms with van der Waals surface area (Å²) in [6.07, 6.45) is 5.33. The fourth-order valence-electron chi connectivity index (χ4n) is 3.53. The normalized spacial score (nSPS) is 19.7. The Morgan fingerprint density at radius 3 is 2.63 bits per heavy atom. The quantitative estimate of drug-likeness (QED) is 0.395. The van der Waals surface area contributed by atoms with Crippen LogP contribution in [0.3, 0.4) is 0 Å². The van der Waals surface area contributed by atoms with Crippen molar-refractivity contribution < 1.29 is 9.13 Å². The Morgan fingerprint density at radius 1 is 1.22 bits per heavy atom. The standard InChI is InChI=1S/C21H33FN4O/c1-2-23-21(24-11-3-4-17-5-6-17)25-16-20(26-12-14-27-15-13-26)18-7-9-19(22)10-8-18/h7-10,17,20H,2-6,11-16H2,1H3,(H2,23,24,25). The molecular weight excluding hydrogens is 343 g/mol. The molecule has 2 aliphatic rings. The highest BCUT2D eigenvalue weighted by molar-refractivity contribution is 5.79. The summed E-state index contributed by atoms with van der Waals surface area (Å²) in [6.45, 7) is 7.76. The Bertz CT molecular complexity index is 582. The minimum atomic E-state index is -0.200. The van der Waals surface area contributed by atoms with Gasteiger partial charge >= 0.3 is 0 Å². The fourth-order valence-corrected chi connectivity index (χ4v) is 3.53. The number of rotatable bonds is 9. The SMILES string of the molecule is CCNC(=NCC(c1ccc(F)cc1)N1CCOCC1)NCCCC1CC1. The van der Waals surface area contributed by atoms with Crippen LogP contribution < -0.4 is 10.6 Å². The van der Waals surface area contributed by atoms with Crippen molar-refractivity contribution in [2.45, 2.75) is 38.6 Å². The Kier molecular flexibility index (Phi) is 7.90. The molecule has 1 saturated heterocycles. The maximum absolute atomic E-state index is 13.4. The summed E-state index contributed by atoms with van der Waals surface area (Å²) in [7, 11) is 0. The number of morpholine rings is 1. The van der Waals surface area contributed by atoms with E-state index in [1.165, 1.54) is 37.8 Å². The van der Waals surface area contributed by atoms with Crippen LogP contribution in [0.4, 0.5) is 4.39 Å². The van der Waals surface area contributed by atoms with E-state index in [9.17, 15) is 4.39 Å². The summed E-state index contributed by atoms with van der Waals surface area (Å²) < 4.78 is 18.9. The summed E-state index contributed by atoms with van der Waals surface area (Å²) in [4.78, 5) is 7.22. The van der Waals surface area contributed by atoms with Crippen molar-refractivity contribution in [1.82, 2.24) is 15.5 Å². The van der Waals surface area contributed by atoms with E-state index in [0.29, 0.717) is 6.54 Å². The lowest BCUT2D eigenvalue weighted by atomic mass is 10.0. The van der Waals surface area contributed by atoms with Crippen molar-refractivity contribution in [3.63, 3.8) is 0 Å². The molecule has 2 N–H and O–H groups in total. The van der Waals surface area contributed by atoms with Gasteiger partial charge in [0.25, 0.3) is 0 Å². The highest BCUT2D eigenvalue weighted by atomic mass is 19.1. The first-order valence-corrected chi connectivity index (χ1v) is 10.4. The maximum atomic E-state index is 13.4. The second kappa shape index (κ2) is 10.6. The van der Waals surface area contributed by atoms with E-state index >= 15 is 0 Å². The van der Waals surface area contributed by atoms with Gasteiger partial charge in [0, 0.05) is 26.2 Å². The third kappa shape index (κ3) is 6.78. The number of guanidine groups is 1. The monoisotopic (exact) mass is 376 g/mol. The van der Waals surface area contributed by atoms with Gasteiger partial charge in [-0.05, 0) is 43.4 Å². The average Bonchev–Trinajstić information content (AvgIpc) is 3.52. The van der Waals surface area contributed by atoms with Crippen LogP contribution in [-0.2, 0) is 4.74 Å². The molecule has 1 atom stereocenters. The van der Waals surface area contributed by atoms with Crippen LogP contribution in [0.2, 0.25) is 0 Å². The van der Waals surface area contributed by atoms with E-state index in [1.54, 1.807) is 0 Å². The minimum Gasteiger partial charge on any atom is -0.379 e. The number of hydrogen-bond acceptors (Lipinski definition) is 3. The molecule has 0 spiro atoms. The maximum Gasteiger partial charge on any atom is 0.191 e. The predicted octanol–water partition coefficient (Wildman–Crippen LogP) is 2.94. The van der Waals surface area contributed by atoms with Crippen LogP contribution in [-0.4, -0.2) is 56.8 Å². The molecule has 1 aliphatic carbocycles. The van der Waals surface area contributed by atoms with E-state index in [2.05, 4.69) is 22.5 Å². The fraction of sp³-hybridized carbons (Fsp3) is 0.667. The van der Waals surface area contributed by atoms with Gasteiger partial charge in [-0.3, -0.25) is 9.89 Å². The highest BCUT2D eigenvalue weighted by Gasteiger charge is 2.23. The summed E-state index contributed by atoms with van der Waals surface area (Å²) in [6, 6.07) is 6.96. The summed E-state index contributed by atoms with van der Waals surface area (Å²) in [5.41, 5.74) is 1.10. The van der Waals surface area contributed by atoms with Gasteiger partial charge in [0.05, 0.1) is 25.8 Å².